The molecule has 0 atom stereocenters. The van der Waals surface area contributed by atoms with Gasteiger partial charge in [0.15, 0.2) is 0 Å². The molecule has 1 aromatic rings. The lowest BCUT2D eigenvalue weighted by atomic mass is 9.90. The first-order valence-electron chi connectivity index (χ1n) is 4.41. The number of aliphatic imine (C=N–C) groups is 1. The van der Waals surface area contributed by atoms with Gasteiger partial charge in [-0.2, -0.15) is 0 Å². The average molecular weight is 238 g/mol. The third-order valence-corrected chi connectivity index (χ3v) is 3.06. The third kappa shape index (κ3) is 1.68. The Morgan fingerprint density at radius 3 is 2.92 bits per heavy atom. The highest BCUT2D eigenvalue weighted by molar-refractivity contribution is 9.10. The van der Waals surface area contributed by atoms with E-state index < -0.39 is 0 Å². The molecular weight excluding hydrogens is 226 g/mol. The lowest BCUT2D eigenvalue weighted by Crippen LogP contribution is -2.25. The molecule has 1 aliphatic heterocycles. The Hall–Kier alpha value is -0.630. The number of halogens is 1. The van der Waals surface area contributed by atoms with Crippen molar-refractivity contribution in [1.29, 1.82) is 0 Å². The van der Waals surface area contributed by atoms with Crippen LogP contribution >= 0.6 is 15.9 Å². The van der Waals surface area contributed by atoms with Gasteiger partial charge in [-0.15, -0.1) is 0 Å². The van der Waals surface area contributed by atoms with Crippen LogP contribution in [-0.2, 0) is 6.42 Å². The maximum atomic E-state index is 4.50. The van der Waals surface area contributed by atoms with Crippen LogP contribution in [-0.4, -0.2) is 11.8 Å². The van der Waals surface area contributed by atoms with Gasteiger partial charge in [-0.3, -0.25) is 4.99 Å². The van der Waals surface area contributed by atoms with E-state index in [-0.39, 0.29) is 5.54 Å². The van der Waals surface area contributed by atoms with Gasteiger partial charge in [0.1, 0.15) is 0 Å². The molecule has 0 bridgehead atoms. The predicted molar refractivity (Wildman–Crippen MR) is 59.5 cm³/mol. The molecule has 1 aliphatic rings. The normalized spacial score (nSPS) is 18.4. The second-order valence-electron chi connectivity index (χ2n) is 4.06. The average Bonchev–Trinajstić information content (AvgIpc) is 2.06. The van der Waals surface area contributed by atoms with Crippen LogP contribution in [0.3, 0.4) is 0 Å². The molecule has 0 radical (unpaired) electrons. The summed E-state index contributed by atoms with van der Waals surface area (Å²) < 4.78 is 1.20. The van der Waals surface area contributed by atoms with Gasteiger partial charge in [-0.25, -0.2) is 0 Å². The highest BCUT2D eigenvalue weighted by atomic mass is 79.9. The number of benzene rings is 1. The zero-order valence-electron chi connectivity index (χ0n) is 7.84. The van der Waals surface area contributed by atoms with E-state index in [9.17, 15) is 0 Å². The lowest BCUT2D eigenvalue weighted by molar-refractivity contribution is 0.515. The van der Waals surface area contributed by atoms with E-state index in [1.807, 2.05) is 12.3 Å². The maximum Gasteiger partial charge on any atom is 0.0593 e. The number of hydrogen-bond acceptors (Lipinski definition) is 1. The van der Waals surface area contributed by atoms with Crippen LogP contribution in [0.1, 0.15) is 25.0 Å². The predicted octanol–water partition coefficient (Wildman–Crippen LogP) is 3.20. The Morgan fingerprint density at radius 2 is 2.15 bits per heavy atom. The van der Waals surface area contributed by atoms with E-state index in [1.165, 1.54) is 15.6 Å². The van der Waals surface area contributed by atoms with Gasteiger partial charge in [0.05, 0.1) is 5.54 Å². The summed E-state index contributed by atoms with van der Waals surface area (Å²) in [6.07, 6.45) is 2.99. The Labute approximate surface area is 87.0 Å². The number of rotatable bonds is 0. The standard InChI is InChI=1S/C11H12BrN/c1-11(2)6-9-8(7-13-11)4-3-5-10(9)12/h3-5,7H,6H2,1-2H3. The smallest absolute Gasteiger partial charge is 0.0593 e. The molecule has 13 heavy (non-hydrogen) atoms. The summed E-state index contributed by atoms with van der Waals surface area (Å²) in [6, 6.07) is 6.25. The molecule has 0 saturated heterocycles. The molecule has 0 unspecified atom stereocenters. The quantitative estimate of drug-likeness (QED) is 0.658. The molecule has 0 spiro atoms. The highest BCUT2D eigenvalue weighted by Crippen LogP contribution is 2.29. The van der Waals surface area contributed by atoms with E-state index in [2.05, 4.69) is 46.9 Å². The largest absolute Gasteiger partial charge is 0.286 e. The molecule has 2 rings (SSSR count). The van der Waals surface area contributed by atoms with Gasteiger partial charge in [0, 0.05) is 10.7 Å². The number of fused-ring (bicyclic) bond motifs is 1. The Balaban J connectivity index is 2.54. The fraction of sp³-hybridized carbons (Fsp3) is 0.364. The van der Waals surface area contributed by atoms with Crippen LogP contribution in [0.2, 0.25) is 0 Å². The summed E-state index contributed by atoms with van der Waals surface area (Å²) in [5, 5.41) is 0. The second kappa shape index (κ2) is 2.95. The molecule has 0 saturated carbocycles. The summed E-state index contributed by atoms with van der Waals surface area (Å²) >= 11 is 3.57. The van der Waals surface area contributed by atoms with Crippen molar-refractivity contribution in [3.63, 3.8) is 0 Å². The van der Waals surface area contributed by atoms with E-state index in [1.54, 1.807) is 0 Å². The minimum atomic E-state index is 0.0525. The molecule has 0 amide bonds. The summed E-state index contributed by atoms with van der Waals surface area (Å²) in [5.74, 6) is 0. The molecule has 2 heteroatoms. The van der Waals surface area contributed by atoms with Crippen LogP contribution in [0.4, 0.5) is 0 Å². The first-order valence-corrected chi connectivity index (χ1v) is 5.20. The van der Waals surface area contributed by atoms with Crippen LogP contribution in [0, 0.1) is 0 Å². The number of nitrogens with zero attached hydrogens (tertiary/aromatic N) is 1. The first kappa shape index (κ1) is 8.95. The van der Waals surface area contributed by atoms with Crippen molar-refractivity contribution in [2.24, 2.45) is 4.99 Å². The Bertz CT molecular complexity index is 366. The van der Waals surface area contributed by atoms with Crippen molar-refractivity contribution in [3.8, 4) is 0 Å². The zero-order valence-corrected chi connectivity index (χ0v) is 9.43. The monoisotopic (exact) mass is 237 g/mol. The van der Waals surface area contributed by atoms with Crippen LogP contribution in [0.25, 0.3) is 0 Å². The first-order chi connectivity index (χ1) is 6.08. The van der Waals surface area contributed by atoms with E-state index in [0.717, 1.165) is 6.42 Å². The van der Waals surface area contributed by atoms with E-state index in [4.69, 9.17) is 0 Å². The summed E-state index contributed by atoms with van der Waals surface area (Å²) in [5.41, 5.74) is 2.67. The highest BCUT2D eigenvalue weighted by Gasteiger charge is 2.22. The SMILES string of the molecule is CC1(C)Cc2c(Br)cccc2C=N1. The third-order valence-electron chi connectivity index (χ3n) is 2.32. The molecule has 1 aromatic carbocycles. The van der Waals surface area contributed by atoms with Gasteiger partial charge >= 0.3 is 0 Å². The van der Waals surface area contributed by atoms with Crippen molar-refractivity contribution in [3.05, 3.63) is 33.8 Å². The maximum absolute atomic E-state index is 4.50. The summed E-state index contributed by atoms with van der Waals surface area (Å²) in [4.78, 5) is 4.50. The zero-order chi connectivity index (χ0) is 9.47. The molecule has 1 heterocycles. The van der Waals surface area contributed by atoms with Crippen LogP contribution in [0.15, 0.2) is 27.7 Å². The molecule has 0 fully saturated rings. The molecule has 0 aliphatic carbocycles. The minimum absolute atomic E-state index is 0.0525. The molecule has 0 aromatic heterocycles. The van der Waals surface area contributed by atoms with Gasteiger partial charge in [-0.05, 0) is 37.5 Å². The van der Waals surface area contributed by atoms with Crippen molar-refractivity contribution in [2.45, 2.75) is 25.8 Å². The fourth-order valence-electron chi connectivity index (χ4n) is 1.61. The molecule has 1 nitrogen and oxygen atoms in total. The number of hydrogen-bond donors (Lipinski definition) is 0. The van der Waals surface area contributed by atoms with Crippen LogP contribution in [0.5, 0.6) is 0 Å². The fourth-order valence-corrected chi connectivity index (χ4v) is 2.13. The van der Waals surface area contributed by atoms with Gasteiger partial charge in [-0.1, -0.05) is 28.1 Å². The molecular formula is C11H12BrN. The van der Waals surface area contributed by atoms with Gasteiger partial charge in [0.25, 0.3) is 0 Å². The van der Waals surface area contributed by atoms with Crippen molar-refractivity contribution < 1.29 is 0 Å². The molecule has 0 N–H and O–H groups in total. The van der Waals surface area contributed by atoms with Gasteiger partial charge in [0.2, 0.25) is 0 Å². The Morgan fingerprint density at radius 1 is 1.38 bits per heavy atom. The van der Waals surface area contributed by atoms with Gasteiger partial charge < -0.3 is 0 Å². The Kier molecular flexibility index (Phi) is 2.03. The summed E-state index contributed by atoms with van der Waals surface area (Å²) in [6.45, 7) is 4.32. The van der Waals surface area contributed by atoms with E-state index in [0.29, 0.717) is 0 Å². The summed E-state index contributed by atoms with van der Waals surface area (Å²) in [7, 11) is 0. The second-order valence-corrected chi connectivity index (χ2v) is 4.91. The lowest BCUT2D eigenvalue weighted by Gasteiger charge is -2.25. The van der Waals surface area contributed by atoms with Crippen molar-refractivity contribution >= 4 is 22.1 Å². The minimum Gasteiger partial charge on any atom is -0.286 e. The van der Waals surface area contributed by atoms with Crippen LogP contribution < -0.4 is 0 Å². The molecule has 68 valence electrons. The van der Waals surface area contributed by atoms with Crippen molar-refractivity contribution in [2.75, 3.05) is 0 Å². The van der Waals surface area contributed by atoms with E-state index >= 15 is 0 Å². The topological polar surface area (TPSA) is 12.4 Å². The van der Waals surface area contributed by atoms with Crippen molar-refractivity contribution in [1.82, 2.24) is 0 Å².